The van der Waals surface area contributed by atoms with Gasteiger partial charge in [0.15, 0.2) is 0 Å². The first-order chi connectivity index (χ1) is 18.6. The lowest BCUT2D eigenvalue weighted by atomic mass is 10.0. The third-order valence-corrected chi connectivity index (χ3v) is 7.90. The lowest BCUT2D eigenvalue weighted by Gasteiger charge is -2.35. The second kappa shape index (κ2) is 13.3. The number of benzene rings is 3. The van der Waals surface area contributed by atoms with Gasteiger partial charge in [0.05, 0.1) is 11.9 Å². The third kappa shape index (κ3) is 9.13. The van der Waals surface area contributed by atoms with Crippen LogP contribution in [0.25, 0.3) is 0 Å². The fourth-order valence-electron chi connectivity index (χ4n) is 4.06. The minimum atomic E-state index is -3.88. The van der Waals surface area contributed by atoms with Crippen molar-refractivity contribution >= 4 is 62.3 Å². The molecule has 1 atom stereocenters. The molecule has 2 amide bonds. The average Bonchev–Trinajstić information content (AvgIpc) is 2.85. The first kappa shape index (κ1) is 31.7. The van der Waals surface area contributed by atoms with Crippen molar-refractivity contribution in [3.8, 4) is 0 Å². The lowest BCUT2D eigenvalue weighted by Crippen LogP contribution is -2.56. The molecule has 0 aliphatic rings. The van der Waals surface area contributed by atoms with Crippen molar-refractivity contribution in [1.29, 1.82) is 0 Å². The van der Waals surface area contributed by atoms with Crippen molar-refractivity contribution in [3.63, 3.8) is 0 Å². The Labute approximate surface area is 251 Å². The summed E-state index contributed by atoms with van der Waals surface area (Å²) in [7, 11) is -3.88. The Morgan fingerprint density at radius 2 is 1.50 bits per heavy atom. The molecule has 0 aliphatic heterocycles. The highest BCUT2D eigenvalue weighted by atomic mass is 35.5. The van der Waals surface area contributed by atoms with Gasteiger partial charge in [-0.1, -0.05) is 71.2 Å². The summed E-state index contributed by atoms with van der Waals surface area (Å²) in [5.74, 6) is -0.969. The Kier molecular flexibility index (Phi) is 10.5. The molecular weight excluding hydrogens is 593 g/mol. The zero-order valence-corrected chi connectivity index (χ0v) is 25.8. The van der Waals surface area contributed by atoms with Gasteiger partial charge in [-0.3, -0.25) is 13.9 Å². The highest BCUT2D eigenvalue weighted by molar-refractivity contribution is 7.92. The lowest BCUT2D eigenvalue weighted by molar-refractivity contribution is -0.140. The fraction of sp³-hybridized carbons (Fsp3) is 0.310. The quantitative estimate of drug-likeness (QED) is 0.301. The Hall–Kier alpha value is -2.78. The van der Waals surface area contributed by atoms with E-state index in [1.165, 1.54) is 17.0 Å². The molecule has 1 N–H and O–H groups in total. The van der Waals surface area contributed by atoms with Crippen LogP contribution in [0.1, 0.15) is 31.9 Å². The van der Waals surface area contributed by atoms with Gasteiger partial charge in [0.1, 0.15) is 12.6 Å². The van der Waals surface area contributed by atoms with E-state index in [1.807, 2.05) is 51.1 Å². The molecule has 3 rings (SSSR count). The number of sulfonamides is 1. The van der Waals surface area contributed by atoms with Gasteiger partial charge in [-0.25, -0.2) is 8.42 Å². The summed E-state index contributed by atoms with van der Waals surface area (Å²) in [6.07, 6.45) is 1.21. The molecule has 0 aliphatic carbocycles. The Morgan fingerprint density at radius 3 is 2.05 bits per heavy atom. The van der Waals surface area contributed by atoms with E-state index >= 15 is 0 Å². The minimum Gasteiger partial charge on any atom is -0.350 e. The van der Waals surface area contributed by atoms with Crippen LogP contribution < -0.4 is 9.62 Å². The van der Waals surface area contributed by atoms with Crippen molar-refractivity contribution < 1.29 is 18.0 Å². The summed E-state index contributed by atoms with van der Waals surface area (Å²) in [5.41, 5.74) is 1.07. The zero-order chi connectivity index (χ0) is 29.7. The predicted octanol–water partition coefficient (Wildman–Crippen LogP) is 5.97. The number of amides is 2. The summed E-state index contributed by atoms with van der Waals surface area (Å²) in [6, 6.07) is 19.3. The van der Waals surface area contributed by atoms with Crippen LogP contribution in [-0.4, -0.2) is 49.5 Å². The number of carbonyl (C=O) groups excluding carboxylic acids is 2. The monoisotopic (exact) mass is 623 g/mol. The average molecular weight is 625 g/mol. The van der Waals surface area contributed by atoms with Crippen molar-refractivity contribution in [3.05, 3.63) is 99.0 Å². The molecule has 0 spiro atoms. The molecule has 1 unspecified atom stereocenters. The second-order valence-electron chi connectivity index (χ2n) is 10.4. The molecule has 3 aromatic carbocycles. The predicted molar refractivity (Wildman–Crippen MR) is 162 cm³/mol. The van der Waals surface area contributed by atoms with Gasteiger partial charge in [-0.05, 0) is 68.3 Å². The number of nitrogens with zero attached hydrogens (tertiary/aromatic N) is 2. The first-order valence-corrected chi connectivity index (χ1v) is 15.4. The van der Waals surface area contributed by atoms with Crippen molar-refractivity contribution in [2.75, 3.05) is 17.1 Å². The van der Waals surface area contributed by atoms with Crippen LogP contribution in [0.2, 0.25) is 15.1 Å². The van der Waals surface area contributed by atoms with E-state index in [2.05, 4.69) is 5.32 Å². The van der Waals surface area contributed by atoms with Crippen LogP contribution in [0.3, 0.4) is 0 Å². The molecule has 7 nitrogen and oxygen atoms in total. The maximum atomic E-state index is 14.1. The SMILES string of the molecule is CC(C)(C)NC(=O)C(Cc1ccccc1)N(Cc1ccc(Cl)cc1Cl)C(=O)CN(c1ccc(Cl)cc1)S(C)(=O)=O. The highest BCUT2D eigenvalue weighted by Crippen LogP contribution is 2.26. The van der Waals surface area contributed by atoms with Gasteiger partial charge in [-0.2, -0.15) is 0 Å². The molecule has 0 radical (unpaired) electrons. The Bertz CT molecular complexity index is 1440. The van der Waals surface area contributed by atoms with Crippen LogP contribution >= 0.6 is 34.8 Å². The molecule has 0 heterocycles. The van der Waals surface area contributed by atoms with Crippen LogP contribution in [0.15, 0.2) is 72.8 Å². The van der Waals surface area contributed by atoms with Gasteiger partial charge >= 0.3 is 0 Å². The van der Waals surface area contributed by atoms with E-state index in [4.69, 9.17) is 34.8 Å². The number of rotatable bonds is 10. The number of anilines is 1. The zero-order valence-electron chi connectivity index (χ0n) is 22.7. The van der Waals surface area contributed by atoms with E-state index in [1.54, 1.807) is 30.3 Å². The number of halogens is 3. The van der Waals surface area contributed by atoms with Crippen molar-refractivity contribution in [1.82, 2.24) is 10.2 Å². The number of carbonyl (C=O) groups is 2. The molecule has 3 aromatic rings. The van der Waals surface area contributed by atoms with E-state index in [0.717, 1.165) is 16.1 Å². The van der Waals surface area contributed by atoms with Crippen LogP contribution in [0, 0.1) is 0 Å². The molecule has 0 saturated heterocycles. The van der Waals surface area contributed by atoms with E-state index < -0.39 is 34.1 Å². The number of nitrogens with one attached hydrogen (secondary N) is 1. The van der Waals surface area contributed by atoms with Gasteiger partial charge in [-0.15, -0.1) is 0 Å². The number of hydrogen-bond acceptors (Lipinski definition) is 4. The fourth-order valence-corrected chi connectivity index (χ4v) is 5.51. The maximum absolute atomic E-state index is 14.1. The van der Waals surface area contributed by atoms with Gasteiger partial charge in [0, 0.05) is 33.6 Å². The molecule has 0 aromatic heterocycles. The molecule has 0 bridgehead atoms. The van der Waals surface area contributed by atoms with Crippen LogP contribution in [0.4, 0.5) is 5.69 Å². The maximum Gasteiger partial charge on any atom is 0.244 e. The summed E-state index contributed by atoms with van der Waals surface area (Å²) in [6.45, 7) is 4.94. The molecule has 214 valence electrons. The number of hydrogen-bond donors (Lipinski definition) is 1. The summed E-state index contributed by atoms with van der Waals surface area (Å²) < 4.78 is 26.6. The largest absolute Gasteiger partial charge is 0.350 e. The van der Waals surface area contributed by atoms with Gasteiger partial charge < -0.3 is 10.2 Å². The molecular formula is C29H32Cl3N3O4S. The second-order valence-corrected chi connectivity index (χ2v) is 13.6. The van der Waals surface area contributed by atoms with E-state index in [0.29, 0.717) is 20.6 Å². The van der Waals surface area contributed by atoms with E-state index in [-0.39, 0.29) is 24.6 Å². The minimum absolute atomic E-state index is 0.0535. The molecule has 0 fully saturated rings. The molecule has 11 heteroatoms. The third-order valence-electron chi connectivity index (χ3n) is 5.92. The Balaban J connectivity index is 2.09. The van der Waals surface area contributed by atoms with Crippen LogP contribution in [-0.2, 0) is 32.6 Å². The summed E-state index contributed by atoms with van der Waals surface area (Å²) in [4.78, 5) is 29.2. The van der Waals surface area contributed by atoms with Gasteiger partial charge in [0.2, 0.25) is 21.8 Å². The van der Waals surface area contributed by atoms with Gasteiger partial charge in [0.25, 0.3) is 0 Å². The molecule has 40 heavy (non-hydrogen) atoms. The molecule has 0 saturated carbocycles. The smallest absolute Gasteiger partial charge is 0.244 e. The topological polar surface area (TPSA) is 86.8 Å². The van der Waals surface area contributed by atoms with Crippen molar-refractivity contribution in [2.24, 2.45) is 0 Å². The van der Waals surface area contributed by atoms with E-state index in [9.17, 15) is 18.0 Å². The Morgan fingerprint density at radius 1 is 0.900 bits per heavy atom. The summed E-state index contributed by atoms with van der Waals surface area (Å²) >= 11 is 18.6. The first-order valence-electron chi connectivity index (χ1n) is 12.5. The summed E-state index contributed by atoms with van der Waals surface area (Å²) in [5, 5.41) is 4.13. The standard InChI is InChI=1S/C29H32Cl3N3O4S/c1-29(2,3)33-28(37)26(16-20-8-6-5-7-9-20)34(18-21-10-11-23(31)17-25(21)32)27(36)19-35(40(4,38)39)24-14-12-22(30)13-15-24/h5-15,17,26H,16,18-19H2,1-4H3,(H,33,37). The highest BCUT2D eigenvalue weighted by Gasteiger charge is 2.34. The van der Waals surface area contributed by atoms with Crippen LogP contribution in [0.5, 0.6) is 0 Å². The normalized spacial score (nSPS) is 12.5. The van der Waals surface area contributed by atoms with Crippen molar-refractivity contribution in [2.45, 2.75) is 45.3 Å².